The number of unbranched alkanes of at least 4 members (excludes halogenated alkanes) is 22. The minimum atomic E-state index is -5.01. The van der Waals surface area contributed by atoms with Crippen molar-refractivity contribution >= 4 is 39.5 Å². The minimum Gasteiger partial charge on any atom is -0.462 e. The van der Waals surface area contributed by atoms with Gasteiger partial charge in [0.05, 0.1) is 32.8 Å². The predicted molar refractivity (Wildman–Crippen MR) is 427 cm³/mol. The van der Waals surface area contributed by atoms with E-state index in [1.165, 1.54) is 38.5 Å². The summed E-state index contributed by atoms with van der Waals surface area (Å²) in [6.45, 7) is 4.42. The van der Waals surface area contributed by atoms with Crippen molar-refractivity contribution in [2.75, 3.05) is 39.6 Å². The maximum atomic E-state index is 13.1. The number of phosphoric ester groups is 2. The first-order valence-corrected chi connectivity index (χ1v) is 42.7. The van der Waals surface area contributed by atoms with Gasteiger partial charge in [0.15, 0.2) is 12.2 Å². The molecule has 0 spiro atoms. The number of carbonyl (C=O) groups excluding carboxylic acids is 4. The summed E-state index contributed by atoms with van der Waals surface area (Å²) in [7, 11) is -10.0. The fourth-order valence-electron chi connectivity index (χ4n) is 9.99. The van der Waals surface area contributed by atoms with Crippen LogP contribution in [0.4, 0.5) is 0 Å². The molecule has 0 saturated carbocycles. The Morgan fingerprint density at radius 2 is 0.538 bits per heavy atom. The molecule has 17 nitrogen and oxygen atoms in total. The Morgan fingerprint density at radius 3 is 0.856 bits per heavy atom. The third kappa shape index (κ3) is 74.9. The smallest absolute Gasteiger partial charge is 0.462 e. The van der Waals surface area contributed by atoms with Crippen LogP contribution in [0.1, 0.15) is 297 Å². The minimum absolute atomic E-state index is 0.0677. The zero-order valence-electron chi connectivity index (χ0n) is 64.6. The molecule has 0 saturated heterocycles. The van der Waals surface area contributed by atoms with Crippen molar-refractivity contribution in [2.45, 2.75) is 316 Å². The van der Waals surface area contributed by atoms with Crippen LogP contribution in [0.15, 0.2) is 158 Å². The third-order valence-electron chi connectivity index (χ3n) is 16.0. The van der Waals surface area contributed by atoms with Gasteiger partial charge in [0.1, 0.15) is 19.3 Å². The quantitative estimate of drug-likeness (QED) is 0.0169. The van der Waals surface area contributed by atoms with Crippen molar-refractivity contribution in [2.24, 2.45) is 0 Å². The Balaban J connectivity index is 5.46. The summed E-state index contributed by atoms with van der Waals surface area (Å²) in [5.74, 6) is -2.38. The third-order valence-corrected chi connectivity index (χ3v) is 17.9. The van der Waals surface area contributed by atoms with E-state index in [9.17, 15) is 43.2 Å². The number of ether oxygens (including phenoxy) is 4. The lowest BCUT2D eigenvalue weighted by Crippen LogP contribution is -2.30. The highest BCUT2D eigenvalue weighted by atomic mass is 31.2. The van der Waals surface area contributed by atoms with E-state index in [0.717, 1.165) is 180 Å². The first-order chi connectivity index (χ1) is 50.7. The summed E-state index contributed by atoms with van der Waals surface area (Å²) in [5, 5.41) is 10.6. The molecule has 0 aliphatic heterocycles. The molecule has 0 fully saturated rings. The highest BCUT2D eigenvalue weighted by molar-refractivity contribution is 7.47. The number of hydrogen-bond acceptors (Lipinski definition) is 15. The number of phosphoric acid groups is 2. The molecule has 104 heavy (non-hydrogen) atoms. The van der Waals surface area contributed by atoms with E-state index in [2.05, 4.69) is 161 Å². The van der Waals surface area contributed by atoms with Crippen molar-refractivity contribution < 1.29 is 80.2 Å². The SMILES string of the molecule is CC/C=C\C/C=C\C/C=C\C/C=C\C/C=C\CC(=O)OC(COC(=O)CCCCCCCC/C=C\C/C=C\C/C=C\CCCCC)COP(=O)(O)OCC(O)COP(=O)(O)OCC(COC(=O)CCCCCCC/C=C\C/C=C\C/C=C\CC)OC(=O)CCCCCCC/C=C\C/C=C\CCCCC. The molecule has 0 heterocycles. The molecule has 0 amide bonds. The Labute approximate surface area is 629 Å². The molecule has 0 radical (unpaired) electrons. The zero-order chi connectivity index (χ0) is 76.0. The van der Waals surface area contributed by atoms with E-state index >= 15 is 0 Å². The van der Waals surface area contributed by atoms with E-state index < -0.39 is 97.5 Å². The monoisotopic (exact) mass is 1490 g/mol. The van der Waals surface area contributed by atoms with Gasteiger partial charge in [-0.25, -0.2) is 9.13 Å². The lowest BCUT2D eigenvalue weighted by molar-refractivity contribution is -0.161. The molecule has 0 aliphatic carbocycles. The zero-order valence-corrected chi connectivity index (χ0v) is 66.4. The molecule has 592 valence electrons. The molecule has 0 aromatic carbocycles. The molecule has 0 aliphatic rings. The largest absolute Gasteiger partial charge is 0.472 e. The second kappa shape index (κ2) is 75.9. The fraction of sp³-hybridized carbons (Fsp3) is 0.647. The van der Waals surface area contributed by atoms with Crippen molar-refractivity contribution in [3.05, 3.63) is 158 Å². The van der Waals surface area contributed by atoms with Crippen LogP contribution in [0.25, 0.3) is 0 Å². The van der Waals surface area contributed by atoms with Crippen LogP contribution in [0.3, 0.4) is 0 Å². The molecular weight excluding hydrogens is 1350 g/mol. The number of rotatable bonds is 73. The highest BCUT2D eigenvalue weighted by Gasteiger charge is 2.30. The Kier molecular flexibility index (Phi) is 72.0. The van der Waals surface area contributed by atoms with E-state index in [-0.39, 0.29) is 25.7 Å². The number of hydrogen-bond donors (Lipinski definition) is 3. The standard InChI is InChI=1S/C85H140O17P2/c1-5-9-13-17-21-25-29-33-37-38-39-40-44-46-50-54-58-62-66-70-83(88)96-76-81(102-85(90)72-68-64-60-56-52-48-43-36-32-28-24-20-16-12-8-4)78-100-104(93,94)98-74-79(86)73-97-103(91,92)99-77-80(101-84(89)71-67-63-59-55-51-47-42-35-31-27-23-19-15-11-7-3)75-95-82(87)69-65-61-57-53-49-45-41-34-30-26-22-18-14-10-6-2/h10,12,14,16,21-28,33-37,39-43,52,56,64,68,79-81,86H,5-9,11,13,15,17-20,29-32,38,44-51,53-55,57-63,65-67,69-78H2,1-4H3,(H,91,92)(H,93,94)/b14-10-,16-12-,25-21-,26-22-,27-23-,28-24-,37-33-,40-39-,41-34-,42-35-,43-36-,56-52-,68-64-. The molecule has 0 aromatic rings. The van der Waals surface area contributed by atoms with Crippen molar-refractivity contribution in [1.29, 1.82) is 0 Å². The van der Waals surface area contributed by atoms with Crippen molar-refractivity contribution in [3.8, 4) is 0 Å². The van der Waals surface area contributed by atoms with E-state index in [1.54, 1.807) is 12.2 Å². The Hall–Kier alpha value is -5.32. The fourth-order valence-corrected chi connectivity index (χ4v) is 11.6. The summed E-state index contributed by atoms with van der Waals surface area (Å²) >= 11 is 0. The molecule has 19 heteroatoms. The van der Waals surface area contributed by atoms with Crippen LogP contribution in [-0.2, 0) is 65.4 Å². The first-order valence-electron chi connectivity index (χ1n) is 39.7. The van der Waals surface area contributed by atoms with Gasteiger partial charge in [-0.2, -0.15) is 0 Å². The van der Waals surface area contributed by atoms with Gasteiger partial charge in [0.2, 0.25) is 0 Å². The van der Waals surface area contributed by atoms with Crippen LogP contribution in [-0.4, -0.2) is 96.7 Å². The van der Waals surface area contributed by atoms with Crippen LogP contribution in [0, 0.1) is 0 Å². The highest BCUT2D eigenvalue weighted by Crippen LogP contribution is 2.45. The van der Waals surface area contributed by atoms with Crippen molar-refractivity contribution in [3.63, 3.8) is 0 Å². The number of carbonyl (C=O) groups is 4. The lowest BCUT2D eigenvalue weighted by atomic mass is 10.1. The lowest BCUT2D eigenvalue weighted by Gasteiger charge is -2.21. The number of esters is 4. The molecule has 3 N–H and O–H groups in total. The van der Waals surface area contributed by atoms with Crippen LogP contribution in [0.5, 0.6) is 0 Å². The Bertz CT molecular complexity index is 2590. The molecule has 0 aromatic heterocycles. The molecule has 0 rings (SSSR count). The topological polar surface area (TPSA) is 237 Å². The van der Waals surface area contributed by atoms with Gasteiger partial charge < -0.3 is 33.8 Å². The summed E-state index contributed by atoms with van der Waals surface area (Å²) in [6, 6.07) is 0. The molecule has 5 atom stereocenters. The van der Waals surface area contributed by atoms with Gasteiger partial charge in [-0.05, 0) is 154 Å². The maximum absolute atomic E-state index is 13.1. The van der Waals surface area contributed by atoms with E-state index in [1.807, 2.05) is 12.2 Å². The van der Waals surface area contributed by atoms with Gasteiger partial charge >= 0.3 is 39.5 Å². The summed E-state index contributed by atoms with van der Waals surface area (Å²) in [6.07, 6.45) is 88.2. The summed E-state index contributed by atoms with van der Waals surface area (Å²) < 4.78 is 68.4. The van der Waals surface area contributed by atoms with E-state index in [0.29, 0.717) is 25.7 Å². The van der Waals surface area contributed by atoms with Crippen LogP contribution in [0.2, 0.25) is 0 Å². The average molecular weight is 1500 g/mol. The molecular formula is C85H140O17P2. The number of allylic oxidation sites excluding steroid dienone is 25. The number of aliphatic hydroxyl groups excluding tert-OH is 1. The second-order valence-electron chi connectivity index (χ2n) is 25.9. The summed E-state index contributed by atoms with van der Waals surface area (Å²) in [5.41, 5.74) is 0. The van der Waals surface area contributed by atoms with Crippen LogP contribution < -0.4 is 0 Å². The maximum Gasteiger partial charge on any atom is 0.472 e. The van der Waals surface area contributed by atoms with Gasteiger partial charge in [-0.3, -0.25) is 37.3 Å². The summed E-state index contributed by atoms with van der Waals surface area (Å²) in [4.78, 5) is 72.9. The van der Waals surface area contributed by atoms with Gasteiger partial charge in [-0.1, -0.05) is 276 Å². The normalized spacial score (nSPS) is 14.7. The first kappa shape index (κ1) is 98.7. The van der Waals surface area contributed by atoms with Gasteiger partial charge in [0.25, 0.3) is 0 Å². The molecule has 0 bridgehead atoms. The van der Waals surface area contributed by atoms with Crippen molar-refractivity contribution in [1.82, 2.24) is 0 Å². The molecule has 5 unspecified atom stereocenters. The second-order valence-corrected chi connectivity index (χ2v) is 28.8. The predicted octanol–water partition coefficient (Wildman–Crippen LogP) is 23.2. The van der Waals surface area contributed by atoms with Crippen LogP contribution >= 0.6 is 15.6 Å². The average Bonchev–Trinajstić information content (AvgIpc) is 0.999. The van der Waals surface area contributed by atoms with Gasteiger partial charge in [-0.15, -0.1) is 0 Å². The number of aliphatic hydroxyl groups is 1. The Morgan fingerprint density at radius 1 is 0.288 bits per heavy atom. The van der Waals surface area contributed by atoms with Gasteiger partial charge in [0, 0.05) is 19.3 Å². The van der Waals surface area contributed by atoms with E-state index in [4.69, 9.17) is 37.0 Å².